The highest BCUT2D eigenvalue weighted by atomic mass is 32.2. The third-order valence-electron chi connectivity index (χ3n) is 3.97. The van der Waals surface area contributed by atoms with Crippen molar-refractivity contribution in [3.05, 3.63) is 40.3 Å². The fourth-order valence-corrected chi connectivity index (χ4v) is 5.04. The quantitative estimate of drug-likeness (QED) is 0.701. The normalized spacial score (nSPS) is 11.7. The maximum absolute atomic E-state index is 13.1. The Balaban J connectivity index is 2.68. The zero-order valence-electron chi connectivity index (χ0n) is 15.2. The van der Waals surface area contributed by atoms with E-state index >= 15 is 0 Å². The lowest BCUT2D eigenvalue weighted by Gasteiger charge is -2.26. The zero-order valence-corrected chi connectivity index (χ0v) is 17.7. The molecule has 0 radical (unpaired) electrons. The highest BCUT2D eigenvalue weighted by Crippen LogP contribution is 2.37. The lowest BCUT2D eigenvalue weighted by atomic mass is 9.85. The Bertz CT molecular complexity index is 956. The van der Waals surface area contributed by atoms with E-state index in [1.807, 2.05) is 19.2 Å². The maximum Gasteiger partial charge on any atom is 0.335 e. The van der Waals surface area contributed by atoms with E-state index in [9.17, 15) is 13.2 Å². The van der Waals surface area contributed by atoms with Crippen LogP contribution in [0.2, 0.25) is 0 Å². The molecule has 1 heterocycles. The van der Waals surface area contributed by atoms with Crippen LogP contribution in [0, 0.1) is 0 Å². The molecule has 8 nitrogen and oxygen atoms in total. The largest absolute Gasteiger partial charge is 0.495 e. The number of benzene rings is 1. The van der Waals surface area contributed by atoms with Gasteiger partial charge in [-0.3, -0.25) is 0 Å². The van der Waals surface area contributed by atoms with E-state index in [2.05, 4.69) is 10.3 Å². The smallest absolute Gasteiger partial charge is 0.335 e. The van der Waals surface area contributed by atoms with Crippen LogP contribution in [0.5, 0.6) is 5.75 Å². The van der Waals surface area contributed by atoms with E-state index in [4.69, 9.17) is 22.7 Å². The number of methoxy groups -OCH3 is 1. The second-order valence-corrected chi connectivity index (χ2v) is 9.03. The molecule has 0 aliphatic rings. The summed E-state index contributed by atoms with van der Waals surface area (Å²) in [5.74, 6) is 0.0684. The summed E-state index contributed by atoms with van der Waals surface area (Å²) in [7, 11) is -1.66. The van der Waals surface area contributed by atoms with E-state index in [0.717, 1.165) is 5.01 Å². The van der Waals surface area contributed by atoms with Crippen LogP contribution >= 0.6 is 23.6 Å². The summed E-state index contributed by atoms with van der Waals surface area (Å²) in [6.07, 6.45) is 1.68. The van der Waals surface area contributed by atoms with E-state index in [-0.39, 0.29) is 15.8 Å². The molecule has 2 amide bonds. The van der Waals surface area contributed by atoms with Crippen molar-refractivity contribution in [3.8, 4) is 5.75 Å². The Morgan fingerprint density at radius 3 is 2.56 bits per heavy atom. The summed E-state index contributed by atoms with van der Waals surface area (Å²) in [5, 5.41) is 4.78. The molecule has 0 bridgehead atoms. The first-order valence-corrected chi connectivity index (χ1v) is 10.4. The predicted octanol–water partition coefficient (Wildman–Crippen LogP) is 2.05. The number of amides is 2. The van der Waals surface area contributed by atoms with Gasteiger partial charge >= 0.3 is 6.03 Å². The first kappa shape index (κ1) is 21.1. The molecule has 0 aliphatic heterocycles. The molecule has 0 fully saturated rings. The third-order valence-corrected chi connectivity index (χ3v) is 7.29. The molecular weight excluding hydrogens is 408 g/mol. The topological polar surface area (TPSA) is 115 Å². The third kappa shape index (κ3) is 3.89. The Hall–Kier alpha value is -2.24. The molecule has 1 aromatic carbocycles. The number of primary amides is 1. The number of carbonyl (C=O) groups is 1. The number of nitrogens with one attached hydrogen (secondary N) is 1. The molecule has 0 spiro atoms. The van der Waals surface area contributed by atoms with E-state index in [1.165, 1.54) is 37.6 Å². The number of nitrogens with two attached hydrogens (primary N) is 1. The van der Waals surface area contributed by atoms with Gasteiger partial charge in [0.25, 0.3) is 10.0 Å². The van der Waals surface area contributed by atoms with Crippen LogP contribution in [0.3, 0.4) is 0 Å². The molecule has 3 N–H and O–H groups in total. The maximum atomic E-state index is 13.1. The van der Waals surface area contributed by atoms with Crippen molar-refractivity contribution in [2.45, 2.75) is 24.2 Å². The van der Waals surface area contributed by atoms with Gasteiger partial charge in [0.05, 0.1) is 7.11 Å². The molecule has 1 aromatic heterocycles. The second-order valence-electron chi connectivity index (χ2n) is 5.99. The molecule has 2 rings (SSSR count). The minimum atomic E-state index is -4.39. The van der Waals surface area contributed by atoms with Crippen molar-refractivity contribution in [1.29, 1.82) is 0 Å². The minimum Gasteiger partial charge on any atom is -0.495 e. The van der Waals surface area contributed by atoms with Crippen LogP contribution in [0.15, 0.2) is 34.7 Å². The molecule has 11 heteroatoms. The number of nitrogens with zero attached hydrogens (tertiary/aromatic N) is 2. The first-order valence-electron chi connectivity index (χ1n) is 7.72. The summed E-state index contributed by atoms with van der Waals surface area (Å²) in [5.41, 5.74) is 5.37. The van der Waals surface area contributed by atoms with Crippen LogP contribution < -0.4 is 15.8 Å². The number of sulfonamides is 1. The Morgan fingerprint density at radius 1 is 1.41 bits per heavy atom. The first-order chi connectivity index (χ1) is 12.6. The lowest BCUT2D eigenvalue weighted by molar-refractivity contribution is 0.242. The number of carbonyl (C=O) groups excluding carboxylic acids is 1. The summed E-state index contributed by atoms with van der Waals surface area (Å²) < 4.78 is 31.8. The van der Waals surface area contributed by atoms with Gasteiger partial charge in [-0.25, -0.2) is 18.2 Å². The number of aromatic nitrogens is 1. The summed E-state index contributed by atoms with van der Waals surface area (Å²) in [4.78, 5) is 15.9. The Kier molecular flexibility index (Phi) is 6.07. The molecule has 146 valence electrons. The van der Waals surface area contributed by atoms with Crippen LogP contribution in [0.1, 0.15) is 24.4 Å². The number of thiocarbonyl (C=S) groups is 1. The number of urea groups is 1. The van der Waals surface area contributed by atoms with Crippen molar-refractivity contribution in [2.24, 2.45) is 5.73 Å². The highest BCUT2D eigenvalue weighted by molar-refractivity contribution is 7.92. The van der Waals surface area contributed by atoms with Gasteiger partial charge in [0.2, 0.25) is 0 Å². The second kappa shape index (κ2) is 7.79. The van der Waals surface area contributed by atoms with Crippen molar-refractivity contribution in [1.82, 2.24) is 14.6 Å². The zero-order chi connectivity index (χ0) is 20.4. The number of ether oxygens (including phenoxy) is 1. The van der Waals surface area contributed by atoms with Gasteiger partial charge in [0, 0.05) is 24.0 Å². The predicted molar refractivity (Wildman–Crippen MR) is 108 cm³/mol. The van der Waals surface area contributed by atoms with Crippen molar-refractivity contribution in [2.75, 3.05) is 14.2 Å². The number of hydrogen-bond donors (Lipinski definition) is 2. The van der Waals surface area contributed by atoms with E-state index in [1.54, 1.807) is 12.3 Å². The van der Waals surface area contributed by atoms with Gasteiger partial charge in [-0.05, 0) is 43.8 Å². The van der Waals surface area contributed by atoms with Crippen LogP contribution in [0.4, 0.5) is 4.79 Å². The summed E-state index contributed by atoms with van der Waals surface area (Å²) in [6, 6.07) is 3.51. The minimum absolute atomic E-state index is 0.0684. The SMILES string of the molecule is CNC(=S)N(C(N)=O)S(=O)(=O)c1cc(C(C)(C)c2nccs2)ccc1OC. The number of thiazole rings is 1. The van der Waals surface area contributed by atoms with Gasteiger partial charge < -0.3 is 15.8 Å². The standard InChI is InChI=1S/C16H20N4O4S3/c1-16(2,13-19-7-8-26-13)10-5-6-11(24-4)12(9-10)27(22,23)20(14(17)21)15(25)18-3/h5-9H,1-4H3,(H2,17,21)(H,18,25). The van der Waals surface area contributed by atoms with Gasteiger partial charge in [0.1, 0.15) is 15.7 Å². The molecule has 27 heavy (non-hydrogen) atoms. The van der Waals surface area contributed by atoms with Crippen molar-refractivity contribution in [3.63, 3.8) is 0 Å². The molecule has 0 unspecified atom stereocenters. The number of rotatable bonds is 5. The highest BCUT2D eigenvalue weighted by Gasteiger charge is 2.35. The molecule has 0 saturated heterocycles. The average molecular weight is 429 g/mol. The lowest BCUT2D eigenvalue weighted by Crippen LogP contribution is -2.48. The monoisotopic (exact) mass is 428 g/mol. The van der Waals surface area contributed by atoms with E-state index < -0.39 is 21.5 Å². The molecule has 2 aromatic rings. The van der Waals surface area contributed by atoms with Crippen molar-refractivity contribution >= 4 is 44.7 Å². The average Bonchev–Trinajstić information content (AvgIpc) is 3.15. The summed E-state index contributed by atoms with van der Waals surface area (Å²) in [6.45, 7) is 3.85. The molecule has 0 saturated carbocycles. The van der Waals surface area contributed by atoms with Gasteiger partial charge in [-0.15, -0.1) is 11.3 Å². The number of hydrogen-bond acceptors (Lipinski definition) is 7. The van der Waals surface area contributed by atoms with Crippen molar-refractivity contribution < 1.29 is 17.9 Å². The van der Waals surface area contributed by atoms with E-state index in [0.29, 0.717) is 9.87 Å². The molecule has 0 aliphatic carbocycles. The van der Waals surface area contributed by atoms with Gasteiger partial charge in [0.15, 0.2) is 5.11 Å². The van der Waals surface area contributed by atoms with Gasteiger partial charge in [-0.1, -0.05) is 6.07 Å². The Labute approximate surface area is 167 Å². The van der Waals surface area contributed by atoms with Crippen LogP contribution in [-0.2, 0) is 15.4 Å². The Morgan fingerprint density at radius 2 is 2.07 bits per heavy atom. The molecular formula is C16H20N4O4S3. The molecule has 0 atom stereocenters. The fraction of sp³-hybridized carbons (Fsp3) is 0.312. The fourth-order valence-electron chi connectivity index (χ4n) is 2.45. The van der Waals surface area contributed by atoms with Gasteiger partial charge in [-0.2, -0.15) is 4.31 Å². The van der Waals surface area contributed by atoms with Crippen LogP contribution in [-0.4, -0.2) is 43.0 Å². The summed E-state index contributed by atoms with van der Waals surface area (Å²) >= 11 is 6.40. The van der Waals surface area contributed by atoms with Crippen LogP contribution in [0.25, 0.3) is 0 Å².